The van der Waals surface area contributed by atoms with Gasteiger partial charge in [0.1, 0.15) is 5.82 Å². The molecule has 0 heterocycles. The third-order valence-corrected chi connectivity index (χ3v) is 2.77. The quantitative estimate of drug-likeness (QED) is 0.818. The van der Waals surface area contributed by atoms with Crippen LogP contribution in [0.3, 0.4) is 0 Å². The summed E-state index contributed by atoms with van der Waals surface area (Å²) in [5, 5.41) is 8.64. The van der Waals surface area contributed by atoms with Crippen molar-refractivity contribution in [2.75, 3.05) is 13.1 Å². The van der Waals surface area contributed by atoms with Gasteiger partial charge in [0.15, 0.2) is 0 Å². The third-order valence-electron chi connectivity index (χ3n) is 2.77. The van der Waals surface area contributed by atoms with Gasteiger partial charge in [-0.05, 0) is 36.6 Å². The molecule has 0 atom stereocenters. The summed E-state index contributed by atoms with van der Waals surface area (Å²) in [4.78, 5) is 14.0. The second-order valence-electron chi connectivity index (χ2n) is 5.02. The molecule has 0 N–H and O–H groups in total. The predicted octanol–water partition coefficient (Wildman–Crippen LogP) is 3.15. The Hall–Kier alpha value is -1.89. The first-order valence-electron chi connectivity index (χ1n) is 6.38. The summed E-state index contributed by atoms with van der Waals surface area (Å²) in [6.45, 7) is 6.67. The van der Waals surface area contributed by atoms with Crippen molar-refractivity contribution in [3.8, 4) is 6.07 Å². The molecule has 0 aliphatic carbocycles. The van der Waals surface area contributed by atoms with Crippen LogP contribution in [-0.2, 0) is 0 Å². The Bertz CT molecular complexity index is 491. The van der Waals surface area contributed by atoms with E-state index in [1.165, 1.54) is 12.1 Å². The number of aryl methyl sites for hydroxylation is 1. The Labute approximate surface area is 113 Å². The fraction of sp³-hybridized carbons (Fsp3) is 0.467. The molecule has 19 heavy (non-hydrogen) atoms. The minimum Gasteiger partial charge on any atom is -0.337 e. The van der Waals surface area contributed by atoms with Crippen LogP contribution in [0.4, 0.5) is 4.39 Å². The molecule has 1 aromatic rings. The molecule has 1 rings (SSSR count). The van der Waals surface area contributed by atoms with Gasteiger partial charge in [0.05, 0.1) is 12.5 Å². The molecule has 0 radical (unpaired) electrons. The minimum atomic E-state index is -0.316. The fourth-order valence-corrected chi connectivity index (χ4v) is 1.86. The van der Waals surface area contributed by atoms with Crippen LogP contribution < -0.4 is 0 Å². The van der Waals surface area contributed by atoms with Crippen molar-refractivity contribution >= 4 is 5.91 Å². The molecule has 102 valence electrons. The highest BCUT2D eigenvalue weighted by molar-refractivity contribution is 5.94. The lowest BCUT2D eigenvalue weighted by Gasteiger charge is -2.23. The van der Waals surface area contributed by atoms with Crippen molar-refractivity contribution in [1.29, 1.82) is 5.26 Å². The number of nitrogens with zero attached hydrogens (tertiary/aromatic N) is 2. The van der Waals surface area contributed by atoms with Crippen LogP contribution in [0.2, 0.25) is 0 Å². The minimum absolute atomic E-state index is 0.146. The second-order valence-corrected chi connectivity index (χ2v) is 5.02. The molecule has 1 aromatic carbocycles. The van der Waals surface area contributed by atoms with Crippen LogP contribution >= 0.6 is 0 Å². The number of carbonyl (C=O) groups excluding carboxylic acids is 1. The molecule has 0 saturated carbocycles. The Morgan fingerprint density at radius 3 is 2.68 bits per heavy atom. The van der Waals surface area contributed by atoms with Crippen molar-refractivity contribution in [2.24, 2.45) is 5.92 Å². The van der Waals surface area contributed by atoms with Crippen molar-refractivity contribution in [3.63, 3.8) is 0 Å². The van der Waals surface area contributed by atoms with E-state index >= 15 is 0 Å². The van der Waals surface area contributed by atoms with Crippen LogP contribution in [0.25, 0.3) is 0 Å². The van der Waals surface area contributed by atoms with E-state index in [4.69, 9.17) is 5.26 Å². The highest BCUT2D eigenvalue weighted by Crippen LogP contribution is 2.13. The van der Waals surface area contributed by atoms with Crippen molar-refractivity contribution in [3.05, 3.63) is 35.1 Å². The molecule has 4 heteroatoms. The fourth-order valence-electron chi connectivity index (χ4n) is 1.86. The number of amides is 1. The first kappa shape index (κ1) is 15.2. The summed E-state index contributed by atoms with van der Waals surface area (Å²) in [6.07, 6.45) is 0.304. The lowest BCUT2D eigenvalue weighted by atomic mass is 10.1. The van der Waals surface area contributed by atoms with Crippen LogP contribution in [0, 0.1) is 30.0 Å². The highest BCUT2D eigenvalue weighted by atomic mass is 19.1. The van der Waals surface area contributed by atoms with Gasteiger partial charge >= 0.3 is 0 Å². The molecule has 0 saturated heterocycles. The van der Waals surface area contributed by atoms with E-state index in [1.807, 2.05) is 19.9 Å². The third kappa shape index (κ3) is 4.36. The van der Waals surface area contributed by atoms with Gasteiger partial charge in [-0.25, -0.2) is 4.39 Å². The zero-order valence-corrected chi connectivity index (χ0v) is 11.6. The molecule has 0 aliphatic rings. The maximum Gasteiger partial charge on any atom is 0.253 e. The summed E-state index contributed by atoms with van der Waals surface area (Å²) in [5.74, 6) is -0.139. The van der Waals surface area contributed by atoms with E-state index in [9.17, 15) is 9.18 Å². The number of halogens is 1. The van der Waals surface area contributed by atoms with Gasteiger partial charge in [0, 0.05) is 18.7 Å². The molecule has 0 aliphatic heterocycles. The molecule has 0 unspecified atom stereocenters. The molecule has 0 aromatic heterocycles. The van der Waals surface area contributed by atoms with E-state index in [1.54, 1.807) is 17.9 Å². The number of nitriles is 1. The van der Waals surface area contributed by atoms with E-state index in [-0.39, 0.29) is 11.7 Å². The molecule has 1 amide bonds. The van der Waals surface area contributed by atoms with E-state index in [0.717, 1.165) is 0 Å². The molecular weight excluding hydrogens is 243 g/mol. The van der Waals surface area contributed by atoms with E-state index in [2.05, 4.69) is 0 Å². The summed E-state index contributed by atoms with van der Waals surface area (Å²) in [6, 6.07) is 6.39. The normalized spacial score (nSPS) is 10.3. The van der Waals surface area contributed by atoms with Gasteiger partial charge < -0.3 is 4.90 Å². The van der Waals surface area contributed by atoms with Gasteiger partial charge in [-0.1, -0.05) is 13.8 Å². The van der Waals surface area contributed by atoms with Gasteiger partial charge in [-0.15, -0.1) is 0 Å². The summed E-state index contributed by atoms with van der Waals surface area (Å²) in [7, 11) is 0. The maximum absolute atomic E-state index is 13.2. The van der Waals surface area contributed by atoms with Crippen molar-refractivity contribution in [1.82, 2.24) is 4.90 Å². The van der Waals surface area contributed by atoms with Gasteiger partial charge in [-0.2, -0.15) is 5.26 Å². The smallest absolute Gasteiger partial charge is 0.253 e. The average Bonchev–Trinajstić information content (AvgIpc) is 2.36. The molecule has 3 nitrogen and oxygen atoms in total. The zero-order valence-electron chi connectivity index (χ0n) is 11.6. The largest absolute Gasteiger partial charge is 0.337 e. The topological polar surface area (TPSA) is 44.1 Å². The summed E-state index contributed by atoms with van der Waals surface area (Å²) < 4.78 is 13.2. The summed E-state index contributed by atoms with van der Waals surface area (Å²) in [5.41, 5.74) is 0.924. The maximum atomic E-state index is 13.2. The lowest BCUT2D eigenvalue weighted by molar-refractivity contribution is 0.0740. The molecule has 0 spiro atoms. The number of carbonyl (C=O) groups is 1. The molecule has 0 bridgehead atoms. The number of benzene rings is 1. The van der Waals surface area contributed by atoms with E-state index in [0.29, 0.717) is 36.6 Å². The van der Waals surface area contributed by atoms with Crippen LogP contribution in [0.5, 0.6) is 0 Å². The number of rotatable bonds is 5. The highest BCUT2D eigenvalue weighted by Gasteiger charge is 2.17. The van der Waals surface area contributed by atoms with Gasteiger partial charge in [0.25, 0.3) is 5.91 Å². The summed E-state index contributed by atoms with van der Waals surface area (Å²) >= 11 is 0. The van der Waals surface area contributed by atoms with Gasteiger partial charge in [0.2, 0.25) is 0 Å². The first-order valence-corrected chi connectivity index (χ1v) is 6.38. The average molecular weight is 262 g/mol. The molecular formula is C15H19FN2O. The Balaban J connectivity index is 2.91. The number of hydrogen-bond donors (Lipinski definition) is 0. The van der Waals surface area contributed by atoms with Gasteiger partial charge in [-0.3, -0.25) is 4.79 Å². The lowest BCUT2D eigenvalue weighted by Crippen LogP contribution is -2.35. The molecule has 0 fully saturated rings. The standard InChI is InChI=1S/C15H19FN2O/c1-11(2)10-18(8-4-7-17)15(19)13-5-6-14(16)12(3)9-13/h5-6,9,11H,4,8,10H2,1-3H3. The second kappa shape index (κ2) is 6.89. The van der Waals surface area contributed by atoms with Crippen molar-refractivity contribution < 1.29 is 9.18 Å². The SMILES string of the molecule is Cc1cc(C(=O)N(CCC#N)CC(C)C)ccc1F. The number of hydrogen-bond acceptors (Lipinski definition) is 2. The first-order chi connectivity index (χ1) is 8.95. The zero-order chi connectivity index (χ0) is 14.4. The van der Waals surface area contributed by atoms with Crippen molar-refractivity contribution in [2.45, 2.75) is 27.2 Å². The van der Waals surface area contributed by atoms with E-state index < -0.39 is 0 Å². The van der Waals surface area contributed by atoms with Crippen LogP contribution in [0.15, 0.2) is 18.2 Å². The van der Waals surface area contributed by atoms with Crippen LogP contribution in [0.1, 0.15) is 36.2 Å². The van der Waals surface area contributed by atoms with Crippen LogP contribution in [-0.4, -0.2) is 23.9 Å². The Morgan fingerprint density at radius 1 is 1.47 bits per heavy atom. The Morgan fingerprint density at radius 2 is 2.16 bits per heavy atom. The predicted molar refractivity (Wildman–Crippen MR) is 72.1 cm³/mol. The monoisotopic (exact) mass is 262 g/mol. The Kier molecular flexibility index (Phi) is 5.50.